The predicted molar refractivity (Wildman–Crippen MR) is 111 cm³/mol. The van der Waals surface area contributed by atoms with E-state index in [-0.39, 0.29) is 23.8 Å². The highest BCUT2D eigenvalue weighted by Crippen LogP contribution is 2.27. The number of nitrogens with one attached hydrogen (secondary N) is 2. The monoisotopic (exact) mass is 447 g/mol. The number of aromatic nitrogens is 3. The van der Waals surface area contributed by atoms with Crippen LogP contribution in [-0.2, 0) is 4.79 Å². The summed E-state index contributed by atoms with van der Waals surface area (Å²) in [6, 6.07) is 4.70. The molecule has 7 nitrogen and oxygen atoms in total. The molecule has 1 fully saturated rings. The quantitative estimate of drug-likeness (QED) is 0.656. The van der Waals surface area contributed by atoms with Crippen LogP contribution in [0.5, 0.6) is 0 Å². The van der Waals surface area contributed by atoms with Gasteiger partial charge < -0.3 is 10.6 Å². The Kier molecular flexibility index (Phi) is 6.83. The van der Waals surface area contributed by atoms with Crippen molar-refractivity contribution in [3.05, 3.63) is 40.9 Å². The average Bonchev–Trinajstić information content (AvgIpc) is 3.19. The largest absolute Gasteiger partial charge is 0.339 e. The Morgan fingerprint density at radius 3 is 2.57 bits per heavy atom. The Labute approximate surface area is 173 Å². The summed E-state index contributed by atoms with van der Waals surface area (Å²) in [6.07, 6.45) is 8.40. The third-order valence-corrected chi connectivity index (χ3v) is 5.55. The zero-order valence-corrected chi connectivity index (χ0v) is 17.8. The molecule has 0 aliphatic heterocycles. The summed E-state index contributed by atoms with van der Waals surface area (Å²) in [5.74, 6) is -0.359. The molecule has 28 heavy (non-hydrogen) atoms. The van der Waals surface area contributed by atoms with Gasteiger partial charge >= 0.3 is 0 Å². The molecular formula is C20H26BrN5O2. The predicted octanol–water partition coefficient (Wildman–Crippen LogP) is 3.94. The Morgan fingerprint density at radius 1 is 1.18 bits per heavy atom. The SMILES string of the molecule is CC(C)n1nccc1C(=O)NC(C(=O)Nc1ccc(Br)nc1)C1CCCCC1. The van der Waals surface area contributed by atoms with Crippen LogP contribution in [0.2, 0.25) is 0 Å². The van der Waals surface area contributed by atoms with Crippen LogP contribution in [0, 0.1) is 5.92 Å². The Hall–Kier alpha value is -2.22. The molecule has 1 saturated carbocycles. The molecule has 150 valence electrons. The van der Waals surface area contributed by atoms with E-state index < -0.39 is 6.04 Å². The summed E-state index contributed by atoms with van der Waals surface area (Å²) >= 11 is 3.29. The second kappa shape index (κ2) is 9.32. The lowest BCUT2D eigenvalue weighted by molar-refractivity contribution is -0.119. The van der Waals surface area contributed by atoms with E-state index in [1.807, 2.05) is 13.8 Å². The minimum atomic E-state index is -0.591. The normalized spacial score (nSPS) is 16.0. The summed E-state index contributed by atoms with van der Waals surface area (Å²) < 4.78 is 2.37. The maximum absolute atomic E-state index is 13.0. The van der Waals surface area contributed by atoms with Crippen molar-refractivity contribution in [1.82, 2.24) is 20.1 Å². The summed E-state index contributed by atoms with van der Waals surface area (Å²) in [7, 11) is 0. The van der Waals surface area contributed by atoms with Crippen LogP contribution in [0.3, 0.4) is 0 Å². The average molecular weight is 448 g/mol. The topological polar surface area (TPSA) is 88.9 Å². The molecule has 0 spiro atoms. The number of carbonyl (C=O) groups is 2. The molecule has 0 bridgehead atoms. The number of nitrogens with zero attached hydrogens (tertiary/aromatic N) is 3. The first kappa shape index (κ1) is 20.5. The number of anilines is 1. The number of pyridine rings is 1. The van der Waals surface area contributed by atoms with Crippen LogP contribution >= 0.6 is 15.9 Å². The number of hydrogen-bond donors (Lipinski definition) is 2. The second-order valence-electron chi connectivity index (χ2n) is 7.46. The van der Waals surface area contributed by atoms with Crippen molar-refractivity contribution < 1.29 is 9.59 Å². The number of halogens is 1. The maximum Gasteiger partial charge on any atom is 0.270 e. The first-order valence-corrected chi connectivity index (χ1v) is 10.5. The smallest absolute Gasteiger partial charge is 0.270 e. The minimum Gasteiger partial charge on any atom is -0.339 e. The molecule has 2 N–H and O–H groups in total. The molecule has 2 aromatic rings. The van der Waals surface area contributed by atoms with E-state index >= 15 is 0 Å². The molecule has 8 heteroatoms. The molecule has 2 heterocycles. The van der Waals surface area contributed by atoms with E-state index in [4.69, 9.17) is 0 Å². The molecule has 2 aromatic heterocycles. The molecule has 0 radical (unpaired) electrons. The van der Waals surface area contributed by atoms with Crippen LogP contribution in [-0.4, -0.2) is 32.6 Å². The van der Waals surface area contributed by atoms with E-state index in [9.17, 15) is 9.59 Å². The van der Waals surface area contributed by atoms with Crippen molar-refractivity contribution in [2.24, 2.45) is 5.92 Å². The van der Waals surface area contributed by atoms with Crippen molar-refractivity contribution in [3.8, 4) is 0 Å². The van der Waals surface area contributed by atoms with Crippen molar-refractivity contribution in [1.29, 1.82) is 0 Å². The molecule has 3 rings (SSSR count). The zero-order chi connectivity index (χ0) is 20.1. The Morgan fingerprint density at radius 2 is 1.93 bits per heavy atom. The summed E-state index contributed by atoms with van der Waals surface area (Å²) in [5, 5.41) is 10.1. The van der Waals surface area contributed by atoms with E-state index in [1.165, 1.54) is 6.42 Å². The lowest BCUT2D eigenvalue weighted by atomic mass is 9.83. The number of carbonyl (C=O) groups excluding carboxylic acids is 2. The lowest BCUT2D eigenvalue weighted by Crippen LogP contribution is -2.49. The van der Waals surface area contributed by atoms with Gasteiger partial charge in [0.2, 0.25) is 5.91 Å². The van der Waals surface area contributed by atoms with Gasteiger partial charge in [0.1, 0.15) is 16.3 Å². The summed E-state index contributed by atoms with van der Waals surface area (Å²) in [6.45, 7) is 3.94. The molecule has 0 aromatic carbocycles. The van der Waals surface area contributed by atoms with E-state index in [2.05, 4.69) is 36.6 Å². The number of amides is 2. The summed E-state index contributed by atoms with van der Waals surface area (Å²) in [4.78, 5) is 30.1. The minimum absolute atomic E-state index is 0.0616. The van der Waals surface area contributed by atoms with E-state index in [0.29, 0.717) is 16.0 Å². The summed E-state index contributed by atoms with van der Waals surface area (Å²) in [5.41, 5.74) is 1.07. The van der Waals surface area contributed by atoms with Gasteiger partial charge in [0, 0.05) is 12.2 Å². The third kappa shape index (κ3) is 4.98. The van der Waals surface area contributed by atoms with Crippen LogP contribution in [0.15, 0.2) is 35.2 Å². The Balaban J connectivity index is 1.78. The van der Waals surface area contributed by atoms with Crippen molar-refractivity contribution in [3.63, 3.8) is 0 Å². The Bertz CT molecular complexity index is 812. The highest BCUT2D eigenvalue weighted by molar-refractivity contribution is 9.10. The van der Waals surface area contributed by atoms with Crippen molar-refractivity contribution in [2.75, 3.05) is 5.32 Å². The highest BCUT2D eigenvalue weighted by Gasteiger charge is 2.32. The van der Waals surface area contributed by atoms with Crippen molar-refractivity contribution >= 4 is 33.4 Å². The van der Waals surface area contributed by atoms with Gasteiger partial charge in [-0.3, -0.25) is 14.3 Å². The second-order valence-corrected chi connectivity index (χ2v) is 8.28. The van der Waals surface area contributed by atoms with Gasteiger partial charge in [0.05, 0.1) is 11.9 Å². The van der Waals surface area contributed by atoms with Gasteiger partial charge in [-0.2, -0.15) is 5.10 Å². The molecule has 1 unspecified atom stereocenters. The number of hydrogen-bond acceptors (Lipinski definition) is 4. The standard InChI is InChI=1S/C20H26BrN5O2/c1-13(2)26-16(10-11-23-26)19(27)25-18(14-6-4-3-5-7-14)20(28)24-15-8-9-17(21)22-12-15/h8-14,18H,3-7H2,1-2H3,(H,24,28)(H,25,27). The fraction of sp³-hybridized carbons (Fsp3) is 0.500. The highest BCUT2D eigenvalue weighted by atomic mass is 79.9. The van der Waals surface area contributed by atoms with Gasteiger partial charge in [-0.15, -0.1) is 0 Å². The van der Waals surface area contributed by atoms with Crippen molar-refractivity contribution in [2.45, 2.75) is 58.0 Å². The van der Waals surface area contributed by atoms with E-state index in [1.54, 1.807) is 35.3 Å². The maximum atomic E-state index is 13.0. The van der Waals surface area contributed by atoms with Crippen LogP contribution in [0.25, 0.3) is 0 Å². The van der Waals surface area contributed by atoms with Gasteiger partial charge in [0.25, 0.3) is 5.91 Å². The first-order valence-electron chi connectivity index (χ1n) is 9.72. The molecule has 1 aliphatic rings. The number of rotatable bonds is 6. The lowest BCUT2D eigenvalue weighted by Gasteiger charge is -2.30. The molecular weight excluding hydrogens is 422 g/mol. The molecule has 0 saturated heterocycles. The van der Waals surface area contributed by atoms with Crippen LogP contribution in [0.1, 0.15) is 62.5 Å². The fourth-order valence-corrected chi connectivity index (χ4v) is 3.89. The molecule has 1 aliphatic carbocycles. The first-order chi connectivity index (χ1) is 13.5. The van der Waals surface area contributed by atoms with E-state index in [0.717, 1.165) is 25.7 Å². The van der Waals surface area contributed by atoms with Gasteiger partial charge in [-0.05, 0) is 66.7 Å². The van der Waals surface area contributed by atoms with Crippen LogP contribution < -0.4 is 10.6 Å². The molecule has 1 atom stereocenters. The third-order valence-electron chi connectivity index (χ3n) is 5.08. The fourth-order valence-electron chi connectivity index (χ4n) is 3.66. The zero-order valence-electron chi connectivity index (χ0n) is 16.2. The van der Waals surface area contributed by atoms with Gasteiger partial charge in [-0.25, -0.2) is 4.98 Å². The van der Waals surface area contributed by atoms with Gasteiger partial charge in [-0.1, -0.05) is 19.3 Å². The van der Waals surface area contributed by atoms with Gasteiger partial charge in [0.15, 0.2) is 0 Å². The van der Waals surface area contributed by atoms with Crippen LogP contribution in [0.4, 0.5) is 5.69 Å². The molecule has 2 amide bonds.